The maximum absolute atomic E-state index is 10.8. The second kappa shape index (κ2) is 6.31. The number of benzene rings is 1. The fourth-order valence-electron chi connectivity index (χ4n) is 1.78. The van der Waals surface area contributed by atoms with Crippen LogP contribution in [-0.4, -0.2) is 21.2 Å². The van der Waals surface area contributed by atoms with E-state index in [0.717, 1.165) is 0 Å². The Hall–Kier alpha value is -1.18. The highest BCUT2D eigenvalue weighted by Crippen LogP contribution is 2.38. The number of aliphatic hydroxyl groups is 1. The summed E-state index contributed by atoms with van der Waals surface area (Å²) >= 11 is 3.13. The first-order valence-electron chi connectivity index (χ1n) is 5.90. The van der Waals surface area contributed by atoms with Crippen molar-refractivity contribution in [3.63, 3.8) is 0 Å². The number of nitro groups is 1. The smallest absolute Gasteiger partial charge is 0.312 e. The molecule has 0 aliphatic carbocycles. The van der Waals surface area contributed by atoms with Gasteiger partial charge in [-0.2, -0.15) is 0 Å². The molecule has 0 aliphatic heterocycles. The highest BCUT2D eigenvalue weighted by molar-refractivity contribution is 9.10. The minimum atomic E-state index is -0.884. The molecule has 0 saturated carbocycles. The summed E-state index contributed by atoms with van der Waals surface area (Å²) in [6.45, 7) is 3.73. The molecule has 0 saturated heterocycles. The summed E-state index contributed by atoms with van der Waals surface area (Å²) in [5, 5.41) is 30.8. The zero-order valence-corrected chi connectivity index (χ0v) is 12.3. The lowest BCUT2D eigenvalue weighted by Gasteiger charge is -2.24. The molecule has 1 aromatic rings. The summed E-state index contributed by atoms with van der Waals surface area (Å²) in [5.74, 6) is -0.574. The Labute approximate surface area is 119 Å². The van der Waals surface area contributed by atoms with Crippen molar-refractivity contribution in [3.8, 4) is 5.75 Å². The van der Waals surface area contributed by atoms with Crippen molar-refractivity contribution in [3.05, 3.63) is 32.3 Å². The Kier molecular flexibility index (Phi) is 5.28. The first-order valence-corrected chi connectivity index (χ1v) is 6.69. The van der Waals surface area contributed by atoms with Gasteiger partial charge in [0, 0.05) is 16.1 Å². The molecule has 0 fully saturated rings. The van der Waals surface area contributed by atoms with E-state index in [9.17, 15) is 20.3 Å². The van der Waals surface area contributed by atoms with Gasteiger partial charge >= 0.3 is 5.69 Å². The van der Waals surface area contributed by atoms with E-state index in [1.165, 1.54) is 12.1 Å². The highest BCUT2D eigenvalue weighted by atomic mass is 79.9. The van der Waals surface area contributed by atoms with Gasteiger partial charge in [-0.1, -0.05) is 36.2 Å². The second-order valence-corrected chi connectivity index (χ2v) is 5.44. The van der Waals surface area contributed by atoms with Crippen LogP contribution in [-0.2, 0) is 0 Å². The molecule has 1 aromatic carbocycles. The Morgan fingerprint density at radius 1 is 1.53 bits per heavy atom. The molecular weight excluding hydrogens is 316 g/mol. The van der Waals surface area contributed by atoms with Crippen LogP contribution in [0, 0.1) is 16.0 Å². The molecule has 106 valence electrons. The topological polar surface area (TPSA) is 110 Å². The van der Waals surface area contributed by atoms with Gasteiger partial charge in [0.05, 0.1) is 17.1 Å². The number of aromatic hydroxyl groups is 1. The Balaban J connectivity index is 3.23. The number of nitro benzene ring substituents is 1. The number of nitrogens with zero attached hydrogens (tertiary/aromatic N) is 1. The summed E-state index contributed by atoms with van der Waals surface area (Å²) in [5.41, 5.74) is 5.63. The van der Waals surface area contributed by atoms with Crippen molar-refractivity contribution in [1.29, 1.82) is 0 Å². The van der Waals surface area contributed by atoms with Crippen LogP contribution in [0.5, 0.6) is 5.75 Å². The third-order valence-electron chi connectivity index (χ3n) is 3.23. The molecule has 0 bridgehead atoms. The van der Waals surface area contributed by atoms with E-state index in [1.807, 2.05) is 13.8 Å². The molecule has 0 amide bonds. The standard InChI is InChI=1S/C12H17BrN2O4/c1-3-6(2)11(16)10(14)8-4-7(13)5-9(12(8)17)15(18)19/h4-6,10-11,16-17H,3,14H2,1-2H3/t6?,10-,11+/m1/s1. The van der Waals surface area contributed by atoms with Gasteiger partial charge in [0.1, 0.15) is 0 Å². The molecule has 1 unspecified atom stereocenters. The summed E-state index contributed by atoms with van der Waals surface area (Å²) in [7, 11) is 0. The number of halogens is 1. The van der Waals surface area contributed by atoms with Crippen LogP contribution >= 0.6 is 15.9 Å². The van der Waals surface area contributed by atoms with Crippen LogP contribution < -0.4 is 5.73 Å². The maximum Gasteiger partial charge on any atom is 0.312 e. The minimum Gasteiger partial charge on any atom is -0.502 e. The van der Waals surface area contributed by atoms with Gasteiger partial charge < -0.3 is 15.9 Å². The normalized spacial score (nSPS) is 15.8. The Bertz CT molecular complexity index is 481. The van der Waals surface area contributed by atoms with E-state index in [1.54, 1.807) is 0 Å². The Morgan fingerprint density at radius 3 is 2.58 bits per heavy atom. The molecule has 0 aliphatic rings. The fourth-order valence-corrected chi connectivity index (χ4v) is 2.24. The van der Waals surface area contributed by atoms with Gasteiger partial charge in [-0.05, 0) is 12.0 Å². The SMILES string of the molecule is CCC(C)[C@H](O)[C@H](N)c1cc(Br)cc([N+](=O)[O-])c1O. The fraction of sp³-hybridized carbons (Fsp3) is 0.500. The molecule has 1 rings (SSSR count). The predicted octanol–water partition coefficient (Wildman–Crippen LogP) is 2.47. The van der Waals surface area contributed by atoms with E-state index >= 15 is 0 Å². The number of hydrogen-bond donors (Lipinski definition) is 3. The van der Waals surface area contributed by atoms with Gasteiger partial charge in [0.25, 0.3) is 0 Å². The third kappa shape index (κ3) is 3.43. The second-order valence-electron chi connectivity index (χ2n) is 4.52. The van der Waals surface area contributed by atoms with Gasteiger partial charge in [-0.3, -0.25) is 10.1 Å². The molecular formula is C12H17BrN2O4. The van der Waals surface area contributed by atoms with Crippen LogP contribution in [0.1, 0.15) is 31.9 Å². The number of nitrogens with two attached hydrogens (primary N) is 1. The minimum absolute atomic E-state index is 0.0764. The van der Waals surface area contributed by atoms with Crippen molar-refractivity contribution in [1.82, 2.24) is 0 Å². The Morgan fingerprint density at radius 2 is 2.11 bits per heavy atom. The molecule has 0 aromatic heterocycles. The highest BCUT2D eigenvalue weighted by Gasteiger charge is 2.28. The van der Waals surface area contributed by atoms with Gasteiger partial charge in [-0.25, -0.2) is 0 Å². The zero-order chi connectivity index (χ0) is 14.7. The summed E-state index contributed by atoms with van der Waals surface area (Å²) in [4.78, 5) is 10.1. The lowest BCUT2D eigenvalue weighted by molar-refractivity contribution is -0.386. The number of phenols is 1. The largest absolute Gasteiger partial charge is 0.502 e. The van der Waals surface area contributed by atoms with Crippen molar-refractivity contribution in [2.45, 2.75) is 32.4 Å². The van der Waals surface area contributed by atoms with Crippen LogP contribution in [0.4, 0.5) is 5.69 Å². The van der Waals surface area contributed by atoms with E-state index in [2.05, 4.69) is 15.9 Å². The first kappa shape index (κ1) is 15.9. The molecule has 3 atom stereocenters. The number of phenolic OH excluding ortho intramolecular Hbond substituents is 1. The van der Waals surface area contributed by atoms with Crippen LogP contribution in [0.3, 0.4) is 0 Å². The molecule has 0 heterocycles. The van der Waals surface area contributed by atoms with Crippen molar-refractivity contribution >= 4 is 21.6 Å². The summed E-state index contributed by atoms with van der Waals surface area (Å²) in [6.07, 6.45) is -0.170. The quantitative estimate of drug-likeness (QED) is 0.566. The summed E-state index contributed by atoms with van der Waals surface area (Å²) in [6, 6.07) is 1.80. The maximum atomic E-state index is 10.8. The monoisotopic (exact) mass is 332 g/mol. The van der Waals surface area contributed by atoms with Crippen LogP contribution in [0.2, 0.25) is 0 Å². The van der Waals surface area contributed by atoms with E-state index < -0.39 is 28.5 Å². The molecule has 4 N–H and O–H groups in total. The van der Waals surface area contributed by atoms with Crippen LogP contribution in [0.15, 0.2) is 16.6 Å². The van der Waals surface area contributed by atoms with Crippen molar-refractivity contribution < 1.29 is 15.1 Å². The lowest BCUT2D eigenvalue weighted by atomic mass is 9.91. The zero-order valence-electron chi connectivity index (χ0n) is 10.7. The van der Waals surface area contributed by atoms with E-state index in [-0.39, 0.29) is 11.5 Å². The average molecular weight is 333 g/mol. The van der Waals surface area contributed by atoms with Gasteiger partial charge in [-0.15, -0.1) is 0 Å². The molecule has 6 nitrogen and oxygen atoms in total. The van der Waals surface area contributed by atoms with Gasteiger partial charge in [0.15, 0.2) is 5.75 Å². The third-order valence-corrected chi connectivity index (χ3v) is 3.69. The number of rotatable bonds is 5. The van der Waals surface area contributed by atoms with E-state index in [4.69, 9.17) is 5.73 Å². The van der Waals surface area contributed by atoms with Crippen molar-refractivity contribution in [2.75, 3.05) is 0 Å². The number of hydrogen-bond acceptors (Lipinski definition) is 5. The van der Waals surface area contributed by atoms with E-state index in [0.29, 0.717) is 10.9 Å². The summed E-state index contributed by atoms with van der Waals surface area (Å²) < 4.78 is 0.429. The first-order chi connectivity index (χ1) is 8.79. The molecule has 0 radical (unpaired) electrons. The van der Waals surface area contributed by atoms with Crippen molar-refractivity contribution in [2.24, 2.45) is 11.7 Å². The molecule has 7 heteroatoms. The predicted molar refractivity (Wildman–Crippen MR) is 74.9 cm³/mol. The number of aliphatic hydroxyl groups excluding tert-OH is 1. The lowest BCUT2D eigenvalue weighted by Crippen LogP contribution is -2.31. The molecule has 0 spiro atoms. The van der Waals surface area contributed by atoms with Crippen LogP contribution in [0.25, 0.3) is 0 Å². The molecule has 19 heavy (non-hydrogen) atoms. The average Bonchev–Trinajstić information content (AvgIpc) is 2.37. The van der Waals surface area contributed by atoms with Gasteiger partial charge in [0.2, 0.25) is 0 Å².